The highest BCUT2D eigenvalue weighted by Crippen LogP contribution is 2.23. The van der Waals surface area contributed by atoms with Gasteiger partial charge < -0.3 is 20.7 Å². The minimum Gasteiger partial charge on any atom is -0.458 e. The molecule has 2 heterocycles. The lowest BCUT2D eigenvalue weighted by Crippen LogP contribution is -2.40. The Morgan fingerprint density at radius 2 is 2.03 bits per heavy atom. The molecule has 1 fully saturated rings. The average molecular weight is 422 g/mol. The number of urea groups is 1. The Hall–Kier alpha value is -3.62. The highest BCUT2D eigenvalue weighted by molar-refractivity contribution is 5.89. The molecule has 1 aliphatic carbocycles. The van der Waals surface area contributed by atoms with Crippen LogP contribution in [0.5, 0.6) is 5.75 Å². The lowest BCUT2D eigenvalue weighted by Gasteiger charge is -2.25. The van der Waals surface area contributed by atoms with Crippen molar-refractivity contribution in [1.29, 1.82) is 0 Å². The third-order valence-corrected chi connectivity index (χ3v) is 5.48. The van der Waals surface area contributed by atoms with Crippen LogP contribution in [-0.2, 0) is 4.79 Å². The van der Waals surface area contributed by atoms with Crippen molar-refractivity contribution in [3.8, 4) is 5.75 Å². The van der Waals surface area contributed by atoms with Crippen molar-refractivity contribution >= 4 is 28.8 Å². The van der Waals surface area contributed by atoms with Crippen molar-refractivity contribution in [3.05, 3.63) is 48.5 Å². The van der Waals surface area contributed by atoms with Crippen molar-refractivity contribution in [1.82, 2.24) is 20.2 Å². The van der Waals surface area contributed by atoms with E-state index in [2.05, 4.69) is 20.6 Å². The van der Waals surface area contributed by atoms with Crippen LogP contribution in [0.1, 0.15) is 32.1 Å². The lowest BCUT2D eigenvalue weighted by molar-refractivity contribution is -0.120. The van der Waals surface area contributed by atoms with Gasteiger partial charge in [-0.3, -0.25) is 10.1 Å². The number of likely N-dealkylation sites (N-methyl/N-ethyl adjacent to an activating group) is 1. The second kappa shape index (κ2) is 9.03. The maximum Gasteiger partial charge on any atom is 0.321 e. The smallest absolute Gasteiger partial charge is 0.321 e. The summed E-state index contributed by atoms with van der Waals surface area (Å²) < 4.78 is 5.88. The van der Waals surface area contributed by atoms with Crippen molar-refractivity contribution in [3.63, 3.8) is 0 Å². The zero-order valence-electron chi connectivity index (χ0n) is 17.4. The van der Waals surface area contributed by atoms with E-state index < -0.39 is 11.9 Å². The number of rotatable bonds is 5. The quantitative estimate of drug-likeness (QED) is 0.681. The van der Waals surface area contributed by atoms with E-state index >= 15 is 0 Å². The van der Waals surface area contributed by atoms with Gasteiger partial charge in [0.15, 0.2) is 0 Å². The molecule has 1 saturated carbocycles. The van der Waals surface area contributed by atoms with E-state index in [4.69, 9.17) is 10.5 Å². The van der Waals surface area contributed by atoms with Crippen LogP contribution < -0.4 is 21.1 Å². The van der Waals surface area contributed by atoms with E-state index in [0.717, 1.165) is 31.1 Å². The molecule has 0 saturated heterocycles. The van der Waals surface area contributed by atoms with Crippen LogP contribution in [0.4, 0.5) is 10.7 Å². The molecular formula is C22H26N6O3. The molecule has 0 bridgehead atoms. The van der Waals surface area contributed by atoms with Gasteiger partial charge >= 0.3 is 6.03 Å². The molecule has 1 aromatic heterocycles. The molecule has 3 amide bonds. The number of fused-ring (bicyclic) bond motifs is 1. The Balaban J connectivity index is 1.42. The summed E-state index contributed by atoms with van der Waals surface area (Å²) in [6.07, 6.45) is 12.4. The molecule has 162 valence electrons. The predicted octanol–water partition coefficient (Wildman–Crippen LogP) is 2.66. The van der Waals surface area contributed by atoms with E-state index in [1.807, 2.05) is 0 Å². The van der Waals surface area contributed by atoms with Crippen LogP contribution >= 0.6 is 0 Å². The van der Waals surface area contributed by atoms with Crippen LogP contribution in [0.25, 0.3) is 10.9 Å². The van der Waals surface area contributed by atoms with Gasteiger partial charge in [0.1, 0.15) is 17.6 Å². The number of hydrogen-bond acceptors (Lipinski definition) is 6. The van der Waals surface area contributed by atoms with Crippen molar-refractivity contribution in [2.45, 2.75) is 44.2 Å². The summed E-state index contributed by atoms with van der Waals surface area (Å²) in [6, 6.07) is 4.74. The largest absolute Gasteiger partial charge is 0.458 e. The number of carbonyl (C=O) groups is 2. The molecular weight excluding hydrogens is 396 g/mol. The highest BCUT2D eigenvalue weighted by atomic mass is 16.5. The zero-order valence-corrected chi connectivity index (χ0v) is 17.4. The van der Waals surface area contributed by atoms with Gasteiger partial charge in [0.2, 0.25) is 11.9 Å². The molecule has 1 unspecified atom stereocenters. The highest BCUT2D eigenvalue weighted by Gasteiger charge is 2.20. The number of nitrogens with two attached hydrogens (primary N) is 1. The van der Waals surface area contributed by atoms with E-state index in [0.29, 0.717) is 17.0 Å². The first-order valence-electron chi connectivity index (χ1n) is 10.4. The van der Waals surface area contributed by atoms with Gasteiger partial charge in [-0.15, -0.1) is 0 Å². The minimum absolute atomic E-state index is 0.214. The van der Waals surface area contributed by atoms with Crippen LogP contribution in [0.2, 0.25) is 0 Å². The summed E-state index contributed by atoms with van der Waals surface area (Å²) in [6.45, 7) is 0. The molecule has 1 aromatic carbocycles. The molecule has 4 rings (SSSR count). The standard InChI is InChI=1S/C22H26N6O3/c1-28-10-9-17(12-19(28)20(23)29)31-16-7-8-18-14(11-16)13-24-21(26-18)27-22(30)25-15-5-3-2-4-6-15/h7-13,15,19H,2-6H2,1H3,(H2,23,29)(H2,24,25,26,27,30). The summed E-state index contributed by atoms with van der Waals surface area (Å²) in [7, 11) is 1.77. The zero-order chi connectivity index (χ0) is 21.8. The summed E-state index contributed by atoms with van der Waals surface area (Å²) in [5.74, 6) is 0.905. The number of nitrogens with one attached hydrogen (secondary N) is 2. The van der Waals surface area contributed by atoms with E-state index in [1.165, 1.54) is 6.42 Å². The van der Waals surface area contributed by atoms with Crippen molar-refractivity contribution < 1.29 is 14.3 Å². The van der Waals surface area contributed by atoms with Gasteiger partial charge in [-0.05, 0) is 43.2 Å². The molecule has 0 radical (unpaired) electrons. The van der Waals surface area contributed by atoms with E-state index in [-0.39, 0.29) is 18.0 Å². The number of ether oxygens (including phenoxy) is 1. The van der Waals surface area contributed by atoms with Gasteiger partial charge in [0, 0.05) is 30.9 Å². The Morgan fingerprint density at radius 1 is 1.23 bits per heavy atom. The number of anilines is 1. The maximum absolute atomic E-state index is 12.2. The second-order valence-corrected chi connectivity index (χ2v) is 7.85. The number of hydrogen-bond donors (Lipinski definition) is 3. The van der Waals surface area contributed by atoms with Gasteiger partial charge in [0.25, 0.3) is 0 Å². The molecule has 9 nitrogen and oxygen atoms in total. The lowest BCUT2D eigenvalue weighted by atomic mass is 9.96. The first kappa shape index (κ1) is 20.6. The first-order valence-corrected chi connectivity index (χ1v) is 10.4. The van der Waals surface area contributed by atoms with Gasteiger partial charge in [-0.1, -0.05) is 19.3 Å². The Kier molecular flexibility index (Phi) is 6.01. The van der Waals surface area contributed by atoms with Crippen molar-refractivity contribution in [2.75, 3.05) is 12.4 Å². The first-order chi connectivity index (χ1) is 15.0. The summed E-state index contributed by atoms with van der Waals surface area (Å²) in [5.41, 5.74) is 6.10. The Morgan fingerprint density at radius 3 is 2.81 bits per heavy atom. The molecule has 9 heteroatoms. The number of allylic oxidation sites excluding steroid dienone is 1. The molecule has 1 aliphatic heterocycles. The van der Waals surface area contributed by atoms with Crippen molar-refractivity contribution in [2.24, 2.45) is 5.73 Å². The number of aromatic nitrogens is 2. The Labute approximate surface area is 180 Å². The van der Waals surface area contributed by atoms with Crippen LogP contribution in [-0.4, -0.2) is 45.9 Å². The molecule has 2 aliphatic rings. The second-order valence-electron chi connectivity index (χ2n) is 7.85. The normalized spacial score (nSPS) is 19.1. The monoisotopic (exact) mass is 422 g/mol. The van der Waals surface area contributed by atoms with Gasteiger partial charge in [0.05, 0.1) is 5.52 Å². The van der Waals surface area contributed by atoms with Crippen LogP contribution in [0, 0.1) is 0 Å². The van der Waals surface area contributed by atoms with Crippen LogP contribution in [0.15, 0.2) is 48.5 Å². The fourth-order valence-corrected chi connectivity index (χ4v) is 3.80. The fourth-order valence-electron chi connectivity index (χ4n) is 3.80. The number of amides is 3. The van der Waals surface area contributed by atoms with Gasteiger partial charge in [-0.25, -0.2) is 14.8 Å². The van der Waals surface area contributed by atoms with Gasteiger partial charge in [-0.2, -0.15) is 0 Å². The minimum atomic E-state index is -0.558. The number of primary amides is 1. The molecule has 31 heavy (non-hydrogen) atoms. The third-order valence-electron chi connectivity index (χ3n) is 5.48. The Bertz CT molecular complexity index is 1040. The fraction of sp³-hybridized carbons (Fsp3) is 0.364. The van der Waals surface area contributed by atoms with E-state index in [9.17, 15) is 9.59 Å². The molecule has 1 atom stereocenters. The summed E-state index contributed by atoms with van der Waals surface area (Å²) in [5, 5.41) is 6.46. The molecule has 2 aromatic rings. The number of nitrogens with zero attached hydrogens (tertiary/aromatic N) is 3. The molecule has 4 N–H and O–H groups in total. The van der Waals surface area contributed by atoms with E-state index in [1.54, 1.807) is 54.7 Å². The van der Waals surface area contributed by atoms with Crippen LogP contribution in [0.3, 0.4) is 0 Å². The average Bonchev–Trinajstić information content (AvgIpc) is 2.75. The topological polar surface area (TPSA) is 122 Å². The summed E-state index contributed by atoms with van der Waals surface area (Å²) in [4.78, 5) is 34.1. The SMILES string of the molecule is CN1C=CC(Oc2ccc3nc(NC(=O)NC4CCCCC4)ncc3c2)=CC1C(N)=O. The molecule has 0 spiro atoms. The summed E-state index contributed by atoms with van der Waals surface area (Å²) >= 11 is 0. The predicted molar refractivity (Wildman–Crippen MR) is 117 cm³/mol. The third kappa shape index (κ3) is 5.11. The maximum atomic E-state index is 12.2. The number of carbonyl (C=O) groups excluding carboxylic acids is 2. The number of benzene rings is 1.